The molecular weight excluding hydrogens is 322 g/mol. The van der Waals surface area contributed by atoms with Gasteiger partial charge in [-0.3, -0.25) is 4.79 Å². The molecule has 1 aromatic carbocycles. The van der Waals surface area contributed by atoms with Crippen LogP contribution in [0.5, 0.6) is 0 Å². The average Bonchev–Trinajstić information content (AvgIpc) is 3.24. The molecule has 0 spiro atoms. The number of aromatic nitrogens is 2. The normalized spacial score (nSPS) is 15.8. The van der Waals surface area contributed by atoms with Crippen molar-refractivity contribution in [2.45, 2.75) is 32.3 Å². The zero-order valence-corrected chi connectivity index (χ0v) is 13.9. The summed E-state index contributed by atoms with van der Waals surface area (Å²) in [5.41, 5.74) is 2.33. The van der Waals surface area contributed by atoms with Crippen molar-refractivity contribution < 1.29 is 18.8 Å². The Balaban J connectivity index is 1.46. The number of para-hydroxylation sites is 2. The Morgan fingerprint density at radius 3 is 2.80 bits per heavy atom. The Kier molecular flexibility index (Phi) is 4.01. The van der Waals surface area contributed by atoms with Gasteiger partial charge in [0.15, 0.2) is 17.2 Å². The quantitative estimate of drug-likeness (QED) is 0.787. The van der Waals surface area contributed by atoms with Gasteiger partial charge in [0.1, 0.15) is 11.3 Å². The van der Waals surface area contributed by atoms with Crippen molar-refractivity contribution in [1.29, 1.82) is 0 Å². The van der Waals surface area contributed by atoms with E-state index in [0.29, 0.717) is 24.4 Å². The van der Waals surface area contributed by atoms with Crippen LogP contribution in [0.15, 0.2) is 33.2 Å². The molecule has 25 heavy (non-hydrogen) atoms. The van der Waals surface area contributed by atoms with Crippen molar-refractivity contribution >= 4 is 17.0 Å². The molecule has 2 aromatic heterocycles. The van der Waals surface area contributed by atoms with Gasteiger partial charge in [-0.2, -0.15) is 0 Å². The summed E-state index contributed by atoms with van der Waals surface area (Å²) in [6.07, 6.45) is 1.56. The number of aryl methyl sites for hydroxylation is 1. The second-order valence-electron chi connectivity index (χ2n) is 6.31. The smallest absolute Gasteiger partial charge is 0.276 e. The van der Waals surface area contributed by atoms with Crippen LogP contribution in [0.2, 0.25) is 0 Å². The van der Waals surface area contributed by atoms with Crippen LogP contribution in [0.3, 0.4) is 0 Å². The molecule has 3 aromatic rings. The van der Waals surface area contributed by atoms with Crippen molar-refractivity contribution in [2.75, 3.05) is 13.1 Å². The highest BCUT2D eigenvalue weighted by molar-refractivity contribution is 5.93. The summed E-state index contributed by atoms with van der Waals surface area (Å²) < 4.78 is 10.9. The van der Waals surface area contributed by atoms with Gasteiger partial charge >= 0.3 is 0 Å². The number of carbonyl (C=O) groups excluding carboxylic acids is 1. The second-order valence-corrected chi connectivity index (χ2v) is 6.31. The Morgan fingerprint density at radius 2 is 2.08 bits per heavy atom. The van der Waals surface area contributed by atoms with Crippen molar-refractivity contribution in [3.05, 3.63) is 47.2 Å². The lowest BCUT2D eigenvalue weighted by atomic mass is 9.96. The maximum absolute atomic E-state index is 12.6. The maximum Gasteiger partial charge on any atom is 0.276 e. The monoisotopic (exact) mass is 341 g/mol. The summed E-state index contributed by atoms with van der Waals surface area (Å²) in [4.78, 5) is 18.9. The number of amides is 1. The fourth-order valence-electron chi connectivity index (χ4n) is 3.29. The SMILES string of the molecule is Cc1onc(C(=O)N2CCC(c3nc4ccccc4o3)CC2)c1CO. The fraction of sp³-hybridized carbons (Fsp3) is 0.389. The van der Waals surface area contributed by atoms with E-state index < -0.39 is 0 Å². The highest BCUT2D eigenvalue weighted by atomic mass is 16.5. The van der Waals surface area contributed by atoms with E-state index in [4.69, 9.17) is 8.94 Å². The molecule has 4 rings (SSSR count). The largest absolute Gasteiger partial charge is 0.440 e. The molecule has 1 aliphatic rings. The molecule has 1 aliphatic heterocycles. The van der Waals surface area contributed by atoms with Crippen LogP contribution in [0, 0.1) is 6.92 Å². The number of aliphatic hydroxyl groups is 1. The fourth-order valence-corrected chi connectivity index (χ4v) is 3.29. The first-order chi connectivity index (χ1) is 12.2. The lowest BCUT2D eigenvalue weighted by Gasteiger charge is -2.30. The van der Waals surface area contributed by atoms with Gasteiger partial charge in [-0.25, -0.2) is 4.98 Å². The van der Waals surface area contributed by atoms with E-state index in [0.717, 1.165) is 29.8 Å². The number of nitrogens with zero attached hydrogens (tertiary/aromatic N) is 3. The molecule has 1 N–H and O–H groups in total. The molecule has 130 valence electrons. The molecule has 1 fully saturated rings. The van der Waals surface area contributed by atoms with Crippen molar-refractivity contribution in [3.8, 4) is 0 Å². The highest BCUT2D eigenvalue weighted by Crippen LogP contribution is 2.30. The standard InChI is InChI=1S/C18H19N3O4/c1-11-13(10-22)16(20-25-11)18(23)21-8-6-12(7-9-21)17-19-14-4-2-3-5-15(14)24-17/h2-5,12,22H,6-10H2,1H3. The number of fused-ring (bicyclic) bond motifs is 1. The van der Waals surface area contributed by atoms with Gasteiger partial charge in [-0.05, 0) is 31.9 Å². The first kappa shape index (κ1) is 15.8. The number of likely N-dealkylation sites (tertiary alicyclic amines) is 1. The Hall–Kier alpha value is -2.67. The van der Waals surface area contributed by atoms with E-state index in [1.165, 1.54) is 0 Å². The molecule has 0 unspecified atom stereocenters. The zero-order chi connectivity index (χ0) is 17.4. The first-order valence-electron chi connectivity index (χ1n) is 8.38. The summed E-state index contributed by atoms with van der Waals surface area (Å²) in [5.74, 6) is 1.22. The Bertz CT molecular complexity index is 873. The van der Waals surface area contributed by atoms with Crippen molar-refractivity contribution in [2.24, 2.45) is 0 Å². The van der Waals surface area contributed by atoms with Gasteiger partial charge in [0.05, 0.1) is 12.2 Å². The topological polar surface area (TPSA) is 92.6 Å². The average molecular weight is 341 g/mol. The molecule has 0 aliphatic carbocycles. The first-order valence-corrected chi connectivity index (χ1v) is 8.38. The number of hydrogen-bond acceptors (Lipinski definition) is 6. The van der Waals surface area contributed by atoms with E-state index in [1.54, 1.807) is 11.8 Å². The van der Waals surface area contributed by atoms with Crippen LogP contribution >= 0.6 is 0 Å². The molecule has 1 saturated heterocycles. The lowest BCUT2D eigenvalue weighted by molar-refractivity contribution is 0.0693. The van der Waals surface area contributed by atoms with E-state index in [-0.39, 0.29) is 24.1 Å². The van der Waals surface area contributed by atoms with Crippen molar-refractivity contribution in [1.82, 2.24) is 15.0 Å². The number of carbonyl (C=O) groups is 1. The van der Waals surface area contributed by atoms with Gasteiger partial charge in [-0.1, -0.05) is 17.3 Å². The number of hydrogen-bond donors (Lipinski definition) is 1. The predicted octanol–water partition coefficient (Wildman–Crippen LogP) is 2.64. The Labute approximate surface area is 144 Å². The van der Waals surface area contributed by atoms with E-state index >= 15 is 0 Å². The summed E-state index contributed by atoms with van der Waals surface area (Å²) in [5, 5.41) is 13.2. The van der Waals surface area contributed by atoms with E-state index in [9.17, 15) is 9.90 Å². The lowest BCUT2D eigenvalue weighted by Crippen LogP contribution is -2.38. The van der Waals surface area contributed by atoms with E-state index in [1.807, 2.05) is 24.3 Å². The highest BCUT2D eigenvalue weighted by Gasteiger charge is 2.30. The maximum atomic E-state index is 12.6. The number of rotatable bonds is 3. The third-order valence-electron chi connectivity index (χ3n) is 4.79. The van der Waals surface area contributed by atoms with Crippen LogP contribution in [0.1, 0.15) is 46.5 Å². The summed E-state index contributed by atoms with van der Waals surface area (Å²) in [7, 11) is 0. The molecular formula is C18H19N3O4. The van der Waals surface area contributed by atoms with Gasteiger partial charge in [0.2, 0.25) is 0 Å². The van der Waals surface area contributed by atoms with Crippen LogP contribution in [0.4, 0.5) is 0 Å². The summed E-state index contributed by atoms with van der Waals surface area (Å²) in [6, 6.07) is 7.71. The Morgan fingerprint density at radius 1 is 1.32 bits per heavy atom. The minimum atomic E-state index is -0.254. The molecule has 1 amide bonds. The van der Waals surface area contributed by atoms with Crippen LogP contribution in [-0.4, -0.2) is 39.1 Å². The third kappa shape index (κ3) is 2.80. The number of oxazole rings is 1. The minimum Gasteiger partial charge on any atom is -0.440 e. The third-order valence-corrected chi connectivity index (χ3v) is 4.79. The van der Waals surface area contributed by atoms with Crippen LogP contribution in [-0.2, 0) is 6.61 Å². The van der Waals surface area contributed by atoms with Crippen molar-refractivity contribution in [3.63, 3.8) is 0 Å². The summed E-state index contributed by atoms with van der Waals surface area (Å²) >= 11 is 0. The van der Waals surface area contributed by atoms with Gasteiger partial charge in [0.25, 0.3) is 5.91 Å². The van der Waals surface area contributed by atoms with Gasteiger partial charge in [-0.15, -0.1) is 0 Å². The number of benzene rings is 1. The minimum absolute atomic E-state index is 0.197. The van der Waals surface area contributed by atoms with E-state index in [2.05, 4.69) is 10.1 Å². The molecule has 0 bridgehead atoms. The molecule has 7 heteroatoms. The van der Waals surface area contributed by atoms with Gasteiger partial charge < -0.3 is 18.9 Å². The molecule has 0 atom stereocenters. The predicted molar refractivity (Wildman–Crippen MR) is 89.1 cm³/mol. The second kappa shape index (κ2) is 6.33. The molecule has 3 heterocycles. The zero-order valence-electron chi connectivity index (χ0n) is 13.9. The van der Waals surface area contributed by atoms with Gasteiger partial charge in [0, 0.05) is 19.0 Å². The van der Waals surface area contributed by atoms with Crippen LogP contribution < -0.4 is 0 Å². The number of piperidine rings is 1. The molecule has 0 saturated carbocycles. The molecule has 0 radical (unpaired) electrons. The van der Waals surface area contributed by atoms with Crippen LogP contribution in [0.25, 0.3) is 11.1 Å². The summed E-state index contributed by atoms with van der Waals surface area (Å²) in [6.45, 7) is 2.63. The molecule has 7 nitrogen and oxygen atoms in total. The number of aliphatic hydroxyl groups excluding tert-OH is 1.